The van der Waals surface area contributed by atoms with Crippen molar-refractivity contribution in [3.05, 3.63) is 57.3 Å². The van der Waals surface area contributed by atoms with E-state index in [1.54, 1.807) is 12.1 Å². The minimum atomic E-state index is -0.719. The molecule has 0 aromatic heterocycles. The molecule has 1 heterocycles. The number of fused-ring (bicyclic) bond motifs is 1. The summed E-state index contributed by atoms with van der Waals surface area (Å²) in [5.41, 5.74) is -0.0480. The molecule has 0 radical (unpaired) electrons. The monoisotopic (exact) mass is 386 g/mol. The van der Waals surface area contributed by atoms with Crippen LogP contribution in [0, 0.1) is 5.82 Å². The molecule has 0 N–H and O–H groups in total. The molecule has 108 valence electrons. The number of hydrogen-bond acceptors (Lipinski definition) is 3. The van der Waals surface area contributed by atoms with Crippen molar-refractivity contribution < 1.29 is 13.9 Å². The Labute approximate surface area is 138 Å². The van der Waals surface area contributed by atoms with Crippen LogP contribution in [0.3, 0.4) is 0 Å². The minimum Gasteiger partial charge on any atom is -0.480 e. The van der Waals surface area contributed by atoms with E-state index in [2.05, 4.69) is 15.9 Å². The highest BCUT2D eigenvalue weighted by Gasteiger charge is 2.30. The fourth-order valence-corrected chi connectivity index (χ4v) is 3.49. The number of halogens is 3. The Bertz CT molecular complexity index is 723. The summed E-state index contributed by atoms with van der Waals surface area (Å²) in [4.78, 5) is 13.4. The summed E-state index contributed by atoms with van der Waals surface area (Å²) >= 11 is 10.5. The second-order valence-electron chi connectivity index (χ2n) is 4.45. The summed E-state index contributed by atoms with van der Waals surface area (Å²) in [6.45, 7) is 0. The predicted molar refractivity (Wildman–Crippen MR) is 85.0 cm³/mol. The number of rotatable bonds is 2. The highest BCUT2D eigenvalue weighted by molar-refractivity contribution is 9.10. The first-order valence-electron chi connectivity index (χ1n) is 6.14. The van der Waals surface area contributed by atoms with E-state index in [4.69, 9.17) is 16.3 Å². The van der Waals surface area contributed by atoms with Crippen LogP contribution in [0.2, 0.25) is 5.02 Å². The molecule has 1 aliphatic rings. The molecule has 21 heavy (non-hydrogen) atoms. The molecule has 2 nitrogen and oxygen atoms in total. The van der Waals surface area contributed by atoms with Gasteiger partial charge in [-0.05, 0) is 40.2 Å². The van der Waals surface area contributed by atoms with Gasteiger partial charge < -0.3 is 4.74 Å². The summed E-state index contributed by atoms with van der Waals surface area (Å²) in [7, 11) is 0. The number of ketones is 1. The fraction of sp³-hybridized carbons (Fsp3) is 0.133. The van der Waals surface area contributed by atoms with Crippen molar-refractivity contribution in [1.82, 2.24) is 0 Å². The molecule has 0 amide bonds. The molecule has 0 saturated carbocycles. The lowest BCUT2D eigenvalue weighted by molar-refractivity contribution is 0.0810. The number of hydrogen-bond donors (Lipinski definition) is 0. The lowest BCUT2D eigenvalue weighted by atomic mass is 10.1. The van der Waals surface area contributed by atoms with Crippen molar-refractivity contribution in [3.63, 3.8) is 0 Å². The standard InChI is InChI=1S/C15H9BrClFO2S/c16-9-6-5-8(14(18)13(9)17)15(19)11-7-21-12-4-2-1-3-10(12)20-11/h1-6,11H,7H2. The summed E-state index contributed by atoms with van der Waals surface area (Å²) < 4.78 is 20.2. The molecule has 3 rings (SSSR count). The maximum atomic E-state index is 14.1. The van der Waals surface area contributed by atoms with Crippen LogP contribution in [-0.4, -0.2) is 17.6 Å². The predicted octanol–water partition coefficient (Wildman–Crippen LogP) is 4.98. The summed E-state index contributed by atoms with van der Waals surface area (Å²) in [5.74, 6) is -0.0219. The number of thioether (sulfide) groups is 1. The Morgan fingerprint density at radius 3 is 2.90 bits per heavy atom. The molecule has 6 heteroatoms. The van der Waals surface area contributed by atoms with E-state index in [1.807, 2.05) is 18.2 Å². The van der Waals surface area contributed by atoms with Gasteiger partial charge in [0, 0.05) is 15.1 Å². The molecule has 0 saturated heterocycles. The normalized spacial score (nSPS) is 17.0. The lowest BCUT2D eigenvalue weighted by Crippen LogP contribution is -2.32. The third-order valence-corrected chi connectivity index (χ3v) is 5.48. The molecule has 0 bridgehead atoms. The average Bonchev–Trinajstić information content (AvgIpc) is 2.52. The van der Waals surface area contributed by atoms with Crippen molar-refractivity contribution in [2.45, 2.75) is 11.0 Å². The smallest absolute Gasteiger partial charge is 0.207 e. The quantitative estimate of drug-likeness (QED) is 0.537. The second-order valence-corrected chi connectivity index (χ2v) is 6.75. The van der Waals surface area contributed by atoms with Crippen LogP contribution in [0.25, 0.3) is 0 Å². The van der Waals surface area contributed by atoms with Crippen LogP contribution in [0.15, 0.2) is 45.8 Å². The zero-order chi connectivity index (χ0) is 15.0. The first-order valence-corrected chi connectivity index (χ1v) is 8.30. The third-order valence-electron chi connectivity index (χ3n) is 3.10. The molecule has 0 fully saturated rings. The summed E-state index contributed by atoms with van der Waals surface area (Å²) in [6, 6.07) is 10.4. The van der Waals surface area contributed by atoms with E-state index in [1.165, 1.54) is 17.8 Å². The Balaban J connectivity index is 1.89. The number of carbonyl (C=O) groups excluding carboxylic acids is 1. The Morgan fingerprint density at radius 2 is 2.10 bits per heavy atom. The summed E-state index contributed by atoms with van der Waals surface area (Å²) in [6.07, 6.45) is -0.711. The largest absolute Gasteiger partial charge is 0.480 e. The van der Waals surface area contributed by atoms with Crippen molar-refractivity contribution in [1.29, 1.82) is 0 Å². The molecule has 0 aliphatic carbocycles. The number of para-hydroxylation sites is 1. The van der Waals surface area contributed by atoms with Gasteiger partial charge in [0.05, 0.1) is 10.6 Å². The zero-order valence-electron chi connectivity index (χ0n) is 10.6. The first kappa shape index (κ1) is 14.9. The van der Waals surface area contributed by atoms with Crippen LogP contribution < -0.4 is 4.74 Å². The van der Waals surface area contributed by atoms with Crippen molar-refractivity contribution >= 4 is 45.1 Å². The van der Waals surface area contributed by atoms with E-state index in [-0.39, 0.29) is 10.6 Å². The second kappa shape index (κ2) is 5.99. The first-order chi connectivity index (χ1) is 10.1. The fourth-order valence-electron chi connectivity index (χ4n) is 2.04. The van der Waals surface area contributed by atoms with Gasteiger partial charge in [-0.25, -0.2) is 4.39 Å². The molecule has 2 aromatic rings. The van der Waals surface area contributed by atoms with Crippen LogP contribution in [0.1, 0.15) is 10.4 Å². The van der Waals surface area contributed by atoms with E-state index >= 15 is 0 Å². The van der Waals surface area contributed by atoms with Crippen LogP contribution in [-0.2, 0) is 0 Å². The van der Waals surface area contributed by atoms with E-state index in [0.717, 1.165) is 4.90 Å². The number of Topliss-reactive ketones (excluding diaryl/α,β-unsaturated/α-hetero) is 1. The number of benzene rings is 2. The van der Waals surface area contributed by atoms with Gasteiger partial charge in [0.2, 0.25) is 5.78 Å². The van der Waals surface area contributed by atoms with Gasteiger partial charge >= 0.3 is 0 Å². The maximum Gasteiger partial charge on any atom is 0.207 e. The van der Waals surface area contributed by atoms with Gasteiger partial charge in [0.15, 0.2) is 11.9 Å². The van der Waals surface area contributed by atoms with E-state index < -0.39 is 17.7 Å². The molecule has 1 aliphatic heterocycles. The Morgan fingerprint density at radius 1 is 1.33 bits per heavy atom. The van der Waals surface area contributed by atoms with Gasteiger partial charge in [-0.1, -0.05) is 23.7 Å². The molecular formula is C15H9BrClFO2S. The molecule has 1 unspecified atom stereocenters. The van der Waals surface area contributed by atoms with Crippen molar-refractivity contribution in [3.8, 4) is 5.75 Å². The third kappa shape index (κ3) is 2.82. The Kier molecular flexibility index (Phi) is 4.24. The van der Waals surface area contributed by atoms with Crippen molar-refractivity contribution in [2.24, 2.45) is 0 Å². The van der Waals surface area contributed by atoms with Gasteiger partial charge in [0.25, 0.3) is 0 Å². The molecule has 0 spiro atoms. The molecule has 1 atom stereocenters. The lowest BCUT2D eigenvalue weighted by Gasteiger charge is -2.24. The van der Waals surface area contributed by atoms with Crippen LogP contribution in [0.4, 0.5) is 4.39 Å². The highest BCUT2D eigenvalue weighted by Crippen LogP contribution is 2.36. The average molecular weight is 388 g/mol. The topological polar surface area (TPSA) is 26.3 Å². The van der Waals surface area contributed by atoms with Crippen LogP contribution >= 0.6 is 39.3 Å². The van der Waals surface area contributed by atoms with Gasteiger partial charge in [0.1, 0.15) is 5.75 Å². The van der Waals surface area contributed by atoms with Crippen molar-refractivity contribution in [2.75, 3.05) is 5.75 Å². The maximum absolute atomic E-state index is 14.1. The van der Waals surface area contributed by atoms with Crippen LogP contribution in [0.5, 0.6) is 5.75 Å². The SMILES string of the molecule is O=C(c1ccc(Br)c(Cl)c1F)C1CSc2ccccc2O1. The Hall–Kier alpha value is -1.04. The van der Waals surface area contributed by atoms with Gasteiger partial charge in [-0.15, -0.1) is 11.8 Å². The zero-order valence-corrected chi connectivity index (χ0v) is 13.8. The minimum absolute atomic E-state index is 0.0480. The van der Waals surface area contributed by atoms with E-state index in [9.17, 15) is 9.18 Å². The number of ether oxygens (including phenoxy) is 1. The molecule has 2 aromatic carbocycles. The summed E-state index contributed by atoms with van der Waals surface area (Å²) in [5, 5.41) is -0.0929. The van der Waals surface area contributed by atoms with Gasteiger partial charge in [-0.3, -0.25) is 4.79 Å². The number of carbonyl (C=O) groups is 1. The molecular weight excluding hydrogens is 379 g/mol. The van der Waals surface area contributed by atoms with Gasteiger partial charge in [-0.2, -0.15) is 0 Å². The highest BCUT2D eigenvalue weighted by atomic mass is 79.9. The van der Waals surface area contributed by atoms with E-state index in [0.29, 0.717) is 16.0 Å².